The van der Waals surface area contributed by atoms with E-state index in [0.29, 0.717) is 29.3 Å². The molecule has 0 saturated heterocycles. The van der Waals surface area contributed by atoms with Crippen LogP contribution in [0.2, 0.25) is 0 Å². The maximum absolute atomic E-state index is 12.3. The Morgan fingerprint density at radius 2 is 1.91 bits per heavy atom. The highest BCUT2D eigenvalue weighted by atomic mass is 32.2. The highest BCUT2D eigenvalue weighted by Gasteiger charge is 2.21. The Balaban J connectivity index is 1.95. The van der Waals surface area contributed by atoms with E-state index in [9.17, 15) is 13.2 Å². The van der Waals surface area contributed by atoms with Crippen molar-refractivity contribution in [1.29, 1.82) is 0 Å². The highest BCUT2D eigenvalue weighted by Crippen LogP contribution is 2.36. The van der Waals surface area contributed by atoms with Crippen molar-refractivity contribution in [3.05, 3.63) is 48.0 Å². The molecule has 0 spiro atoms. The SMILES string of the molecule is CCCS(=O)(=O)Nc1ccc2c(c1)C(=O)Nc1ccccc1O2. The minimum atomic E-state index is -3.41. The van der Waals surface area contributed by atoms with Gasteiger partial charge in [0, 0.05) is 5.69 Å². The Bertz CT molecular complexity index is 862. The summed E-state index contributed by atoms with van der Waals surface area (Å²) >= 11 is 0. The highest BCUT2D eigenvalue weighted by molar-refractivity contribution is 7.92. The third-order valence-corrected chi connectivity index (χ3v) is 4.82. The number of benzene rings is 2. The Morgan fingerprint density at radius 1 is 1.13 bits per heavy atom. The second kappa shape index (κ2) is 5.92. The van der Waals surface area contributed by atoms with Crippen molar-refractivity contribution < 1.29 is 17.9 Å². The van der Waals surface area contributed by atoms with E-state index >= 15 is 0 Å². The molecule has 6 nitrogen and oxygen atoms in total. The monoisotopic (exact) mass is 332 g/mol. The minimum absolute atomic E-state index is 0.0260. The van der Waals surface area contributed by atoms with Crippen LogP contribution in [0.25, 0.3) is 0 Å². The molecule has 0 unspecified atom stereocenters. The number of rotatable bonds is 4. The summed E-state index contributed by atoms with van der Waals surface area (Å²) in [4.78, 5) is 12.3. The molecular formula is C16H16N2O4S. The number of hydrogen-bond donors (Lipinski definition) is 2. The zero-order chi connectivity index (χ0) is 16.4. The molecular weight excluding hydrogens is 316 g/mol. The Morgan fingerprint density at radius 3 is 2.70 bits per heavy atom. The Hall–Kier alpha value is -2.54. The fraction of sp³-hybridized carbons (Fsp3) is 0.188. The molecule has 0 radical (unpaired) electrons. The van der Waals surface area contributed by atoms with Crippen LogP contribution < -0.4 is 14.8 Å². The fourth-order valence-electron chi connectivity index (χ4n) is 2.33. The van der Waals surface area contributed by atoms with Crippen LogP contribution in [0.15, 0.2) is 42.5 Å². The summed E-state index contributed by atoms with van der Waals surface area (Å²) in [6, 6.07) is 11.7. The second-order valence-corrected chi connectivity index (χ2v) is 7.03. The topological polar surface area (TPSA) is 84.5 Å². The number of anilines is 2. The maximum atomic E-state index is 12.3. The van der Waals surface area contributed by atoms with Gasteiger partial charge in [0.05, 0.1) is 17.0 Å². The molecule has 0 bridgehead atoms. The molecule has 1 amide bonds. The molecule has 0 atom stereocenters. The van der Waals surface area contributed by atoms with E-state index in [1.165, 1.54) is 6.07 Å². The lowest BCUT2D eigenvalue weighted by atomic mass is 10.1. The first-order valence-electron chi connectivity index (χ1n) is 7.21. The lowest BCUT2D eigenvalue weighted by molar-refractivity contribution is 0.102. The summed E-state index contributed by atoms with van der Waals surface area (Å²) in [5.41, 5.74) is 1.18. The molecule has 0 aliphatic carbocycles. The van der Waals surface area contributed by atoms with Gasteiger partial charge in [-0.3, -0.25) is 9.52 Å². The summed E-state index contributed by atoms with van der Waals surface area (Å²) in [6.45, 7) is 1.79. The first-order chi connectivity index (χ1) is 11.0. The van der Waals surface area contributed by atoms with Gasteiger partial charge in [0.1, 0.15) is 5.75 Å². The quantitative estimate of drug-likeness (QED) is 0.900. The molecule has 0 fully saturated rings. The Labute approximate surface area is 134 Å². The molecule has 0 aromatic heterocycles. The summed E-state index contributed by atoms with van der Waals surface area (Å²) in [5, 5.41) is 2.75. The van der Waals surface area contributed by atoms with E-state index < -0.39 is 10.0 Å². The van der Waals surface area contributed by atoms with Crippen molar-refractivity contribution in [2.75, 3.05) is 15.8 Å². The van der Waals surface area contributed by atoms with E-state index in [2.05, 4.69) is 10.0 Å². The van der Waals surface area contributed by atoms with Gasteiger partial charge in [0.25, 0.3) is 5.91 Å². The molecule has 1 aliphatic rings. The number of sulfonamides is 1. The number of carbonyl (C=O) groups is 1. The second-order valence-electron chi connectivity index (χ2n) is 5.18. The van der Waals surface area contributed by atoms with E-state index in [0.717, 1.165) is 0 Å². The molecule has 7 heteroatoms. The number of ether oxygens (including phenoxy) is 1. The molecule has 3 rings (SSSR count). The van der Waals surface area contributed by atoms with E-state index in [-0.39, 0.29) is 17.2 Å². The molecule has 1 aliphatic heterocycles. The molecule has 2 aromatic rings. The average molecular weight is 332 g/mol. The van der Waals surface area contributed by atoms with Crippen LogP contribution in [-0.4, -0.2) is 20.1 Å². The average Bonchev–Trinajstić information content (AvgIpc) is 2.63. The van der Waals surface area contributed by atoms with Gasteiger partial charge in [0.15, 0.2) is 5.75 Å². The number of carbonyl (C=O) groups excluding carboxylic acids is 1. The van der Waals surface area contributed by atoms with Crippen molar-refractivity contribution in [3.8, 4) is 11.5 Å². The van der Waals surface area contributed by atoms with Crippen LogP contribution in [0.3, 0.4) is 0 Å². The van der Waals surface area contributed by atoms with Crippen LogP contribution >= 0.6 is 0 Å². The minimum Gasteiger partial charge on any atom is -0.454 e. The number of para-hydroxylation sites is 2. The molecule has 120 valence electrons. The van der Waals surface area contributed by atoms with Gasteiger partial charge in [0.2, 0.25) is 10.0 Å². The third kappa shape index (κ3) is 3.29. The van der Waals surface area contributed by atoms with Crippen molar-refractivity contribution in [2.45, 2.75) is 13.3 Å². The number of amides is 1. The van der Waals surface area contributed by atoms with Gasteiger partial charge in [-0.25, -0.2) is 8.42 Å². The maximum Gasteiger partial charge on any atom is 0.259 e. The Kier molecular flexibility index (Phi) is 3.96. The van der Waals surface area contributed by atoms with Crippen LogP contribution in [-0.2, 0) is 10.0 Å². The lowest BCUT2D eigenvalue weighted by Crippen LogP contribution is -2.17. The summed E-state index contributed by atoms with van der Waals surface area (Å²) in [5.74, 6) is 0.601. The molecule has 1 heterocycles. The summed E-state index contributed by atoms with van der Waals surface area (Å²) < 4.78 is 31.9. The van der Waals surface area contributed by atoms with Gasteiger partial charge >= 0.3 is 0 Å². The summed E-state index contributed by atoms with van der Waals surface area (Å²) in [7, 11) is -3.41. The lowest BCUT2D eigenvalue weighted by Gasteiger charge is -2.10. The fourth-order valence-corrected chi connectivity index (χ4v) is 3.45. The predicted octanol–water partition coefficient (Wildman–Crippen LogP) is 3.20. The van der Waals surface area contributed by atoms with Crippen molar-refractivity contribution >= 4 is 27.3 Å². The van der Waals surface area contributed by atoms with E-state index in [1.807, 2.05) is 6.07 Å². The largest absolute Gasteiger partial charge is 0.454 e. The molecule has 2 aromatic carbocycles. The smallest absolute Gasteiger partial charge is 0.259 e. The number of hydrogen-bond acceptors (Lipinski definition) is 4. The summed E-state index contributed by atoms with van der Waals surface area (Å²) in [6.07, 6.45) is 0.513. The zero-order valence-electron chi connectivity index (χ0n) is 12.5. The van der Waals surface area contributed by atoms with Gasteiger partial charge < -0.3 is 10.1 Å². The van der Waals surface area contributed by atoms with Gasteiger partial charge in [-0.2, -0.15) is 0 Å². The number of nitrogens with one attached hydrogen (secondary N) is 2. The van der Waals surface area contributed by atoms with Crippen LogP contribution in [0.4, 0.5) is 11.4 Å². The van der Waals surface area contributed by atoms with Crippen LogP contribution in [0.5, 0.6) is 11.5 Å². The van der Waals surface area contributed by atoms with Crippen LogP contribution in [0.1, 0.15) is 23.7 Å². The van der Waals surface area contributed by atoms with Crippen LogP contribution in [0, 0.1) is 0 Å². The van der Waals surface area contributed by atoms with E-state index in [1.54, 1.807) is 37.3 Å². The first kappa shape index (κ1) is 15.4. The van der Waals surface area contributed by atoms with Gasteiger partial charge in [-0.05, 0) is 36.8 Å². The zero-order valence-corrected chi connectivity index (χ0v) is 13.3. The molecule has 2 N–H and O–H groups in total. The normalized spacial score (nSPS) is 13.2. The standard InChI is InChI=1S/C16H16N2O4S/c1-2-9-23(20,21)18-11-7-8-14-12(10-11)16(19)17-13-5-3-4-6-15(13)22-14/h3-8,10,18H,2,9H2,1H3,(H,17,19). The number of fused-ring (bicyclic) bond motifs is 2. The first-order valence-corrected chi connectivity index (χ1v) is 8.86. The van der Waals surface area contributed by atoms with Gasteiger partial charge in [-0.1, -0.05) is 19.1 Å². The van der Waals surface area contributed by atoms with E-state index in [4.69, 9.17) is 4.74 Å². The molecule has 23 heavy (non-hydrogen) atoms. The van der Waals surface area contributed by atoms with Gasteiger partial charge in [-0.15, -0.1) is 0 Å². The van der Waals surface area contributed by atoms with Crippen molar-refractivity contribution in [1.82, 2.24) is 0 Å². The predicted molar refractivity (Wildman–Crippen MR) is 88.6 cm³/mol. The van der Waals surface area contributed by atoms with Crippen molar-refractivity contribution in [3.63, 3.8) is 0 Å². The molecule has 0 saturated carbocycles. The third-order valence-electron chi connectivity index (χ3n) is 3.33. The van der Waals surface area contributed by atoms with Crippen molar-refractivity contribution in [2.24, 2.45) is 0 Å².